The van der Waals surface area contributed by atoms with Crippen molar-refractivity contribution in [2.75, 3.05) is 64.8 Å². The molecule has 0 bridgehead atoms. The van der Waals surface area contributed by atoms with Crippen molar-refractivity contribution in [1.29, 1.82) is 0 Å². The van der Waals surface area contributed by atoms with E-state index in [0.29, 0.717) is 57.1 Å². The van der Waals surface area contributed by atoms with Crippen molar-refractivity contribution in [3.8, 4) is 5.75 Å². The van der Waals surface area contributed by atoms with Gasteiger partial charge in [0.25, 0.3) is 5.91 Å². The van der Waals surface area contributed by atoms with Crippen molar-refractivity contribution in [1.82, 2.24) is 19.6 Å². The number of amides is 3. The summed E-state index contributed by atoms with van der Waals surface area (Å²) in [5.74, 6) is 0.752. The Bertz CT molecular complexity index is 1400. The lowest BCUT2D eigenvalue weighted by molar-refractivity contribution is -0.137. The molecule has 2 aliphatic rings. The van der Waals surface area contributed by atoms with Crippen LogP contribution in [-0.2, 0) is 19.3 Å². The number of ether oxygens (including phenoxy) is 1. The molecule has 0 atom stereocenters. The van der Waals surface area contributed by atoms with Gasteiger partial charge in [0.1, 0.15) is 5.75 Å². The van der Waals surface area contributed by atoms with Gasteiger partial charge in [-0.15, -0.1) is 24.8 Å². The lowest BCUT2D eigenvalue weighted by atomic mass is 10.1. The van der Waals surface area contributed by atoms with E-state index in [2.05, 4.69) is 27.2 Å². The maximum Gasteiger partial charge on any atom is 0.416 e. The zero-order valence-electron chi connectivity index (χ0n) is 25.7. The van der Waals surface area contributed by atoms with Gasteiger partial charge in [0, 0.05) is 76.7 Å². The van der Waals surface area contributed by atoms with Crippen LogP contribution in [0.3, 0.4) is 0 Å². The molecule has 0 spiro atoms. The molecule has 2 saturated heterocycles. The molecular weight excluding hydrogens is 642 g/mol. The lowest BCUT2D eigenvalue weighted by Crippen LogP contribution is -2.48. The number of nitrogens with one attached hydrogen (secondary N) is 1. The number of carbonyl (C=O) groups excluding carboxylic acids is 2. The molecule has 0 aromatic heterocycles. The Morgan fingerprint density at radius 1 is 0.696 bits per heavy atom. The van der Waals surface area contributed by atoms with Gasteiger partial charge in [0.15, 0.2) is 0 Å². The summed E-state index contributed by atoms with van der Waals surface area (Å²) >= 11 is 0. The molecule has 0 aliphatic carbocycles. The van der Waals surface area contributed by atoms with Crippen LogP contribution in [0.1, 0.15) is 33.5 Å². The summed E-state index contributed by atoms with van der Waals surface area (Å²) in [5.41, 5.74) is 2.53. The largest absolute Gasteiger partial charge is 0.497 e. The smallest absolute Gasteiger partial charge is 0.416 e. The van der Waals surface area contributed by atoms with E-state index in [1.165, 1.54) is 17.7 Å². The highest BCUT2D eigenvalue weighted by atomic mass is 35.5. The van der Waals surface area contributed by atoms with Crippen molar-refractivity contribution in [2.24, 2.45) is 0 Å². The molecule has 46 heavy (non-hydrogen) atoms. The van der Waals surface area contributed by atoms with Gasteiger partial charge >= 0.3 is 12.2 Å². The van der Waals surface area contributed by atoms with Gasteiger partial charge < -0.3 is 19.9 Å². The Labute approximate surface area is 280 Å². The Morgan fingerprint density at radius 3 is 1.76 bits per heavy atom. The first-order valence-electron chi connectivity index (χ1n) is 14.9. The third-order valence-corrected chi connectivity index (χ3v) is 8.17. The number of methoxy groups -OCH3 is 1. The Balaban J connectivity index is 0.00000288. The molecule has 2 aliphatic heterocycles. The zero-order chi connectivity index (χ0) is 31.1. The molecule has 5 rings (SSSR count). The van der Waals surface area contributed by atoms with Crippen molar-refractivity contribution in [2.45, 2.75) is 25.7 Å². The van der Waals surface area contributed by atoms with E-state index in [9.17, 15) is 22.8 Å². The monoisotopic (exact) mass is 681 g/mol. The second kappa shape index (κ2) is 16.9. The summed E-state index contributed by atoms with van der Waals surface area (Å²) in [6, 6.07) is 20.1. The van der Waals surface area contributed by atoms with Crippen molar-refractivity contribution in [3.05, 3.63) is 95.1 Å². The zero-order valence-corrected chi connectivity index (χ0v) is 27.3. The first-order chi connectivity index (χ1) is 21.2. The third-order valence-electron chi connectivity index (χ3n) is 8.17. The van der Waals surface area contributed by atoms with Crippen molar-refractivity contribution in [3.63, 3.8) is 0 Å². The standard InChI is InChI=1S/C33H38F3N5O3.2ClH/c1-44-30-13-5-26(6-14-30)23-38-15-2-16-41(22-19-38)32(43)37-29-11-7-27(8-12-29)31(42)40-20-17-39(18-21-40)24-25-3-9-28(10-4-25)33(34,35)36;;/h3-14H,2,15-24H2,1H3,(H,37,43);2*1H. The first-order valence-corrected chi connectivity index (χ1v) is 14.9. The van der Waals surface area contributed by atoms with Gasteiger partial charge in [0.2, 0.25) is 0 Å². The number of carbonyl (C=O) groups is 2. The van der Waals surface area contributed by atoms with Gasteiger partial charge in [-0.1, -0.05) is 24.3 Å². The normalized spacial score (nSPS) is 16.1. The maximum atomic E-state index is 13.1. The number of rotatable bonds is 7. The van der Waals surface area contributed by atoms with Crippen molar-refractivity contribution >= 4 is 42.4 Å². The SMILES string of the molecule is COc1ccc(CN2CCCN(C(=O)Nc3ccc(C(=O)N4CCN(Cc5ccc(C(F)(F)F)cc5)CC4)cc3)CC2)cc1.Cl.Cl. The molecule has 0 unspecified atom stereocenters. The number of hydrogen-bond acceptors (Lipinski definition) is 5. The molecular formula is C33H40Cl2F3N5O3. The van der Waals surface area contributed by atoms with E-state index < -0.39 is 11.7 Å². The summed E-state index contributed by atoms with van der Waals surface area (Å²) in [5, 5.41) is 2.96. The van der Waals surface area contributed by atoms with E-state index in [-0.39, 0.29) is 36.8 Å². The highest BCUT2D eigenvalue weighted by Crippen LogP contribution is 2.29. The number of hydrogen-bond donors (Lipinski definition) is 1. The molecule has 0 saturated carbocycles. The van der Waals surface area contributed by atoms with E-state index in [0.717, 1.165) is 49.5 Å². The van der Waals surface area contributed by atoms with E-state index in [1.807, 2.05) is 17.0 Å². The molecule has 2 fully saturated rings. The minimum absolute atomic E-state index is 0. The van der Waals surface area contributed by atoms with Crippen LogP contribution in [0.4, 0.5) is 23.7 Å². The fraction of sp³-hybridized carbons (Fsp3) is 0.394. The minimum Gasteiger partial charge on any atom is -0.497 e. The van der Waals surface area contributed by atoms with E-state index in [4.69, 9.17) is 4.74 Å². The van der Waals surface area contributed by atoms with Crippen molar-refractivity contribution < 1.29 is 27.5 Å². The number of benzene rings is 3. The van der Waals surface area contributed by atoms with Crippen LogP contribution >= 0.6 is 24.8 Å². The number of piperazine rings is 1. The first kappa shape index (κ1) is 37.0. The average molecular weight is 683 g/mol. The predicted octanol–water partition coefficient (Wildman–Crippen LogP) is 6.26. The molecule has 1 N–H and O–H groups in total. The van der Waals surface area contributed by atoms with Crippen LogP contribution in [-0.4, -0.2) is 91.0 Å². The molecule has 2 heterocycles. The fourth-order valence-corrected chi connectivity index (χ4v) is 5.57. The summed E-state index contributed by atoms with van der Waals surface area (Å²) in [7, 11) is 1.65. The van der Waals surface area contributed by atoms with Crippen LogP contribution in [0.15, 0.2) is 72.8 Å². The highest BCUT2D eigenvalue weighted by molar-refractivity contribution is 5.95. The molecule has 3 aromatic carbocycles. The lowest BCUT2D eigenvalue weighted by Gasteiger charge is -2.34. The van der Waals surface area contributed by atoms with Crippen LogP contribution in [0, 0.1) is 0 Å². The summed E-state index contributed by atoms with van der Waals surface area (Å²) in [4.78, 5) is 34.2. The van der Waals surface area contributed by atoms with Gasteiger partial charge in [-0.2, -0.15) is 13.2 Å². The quantitative estimate of drug-likeness (QED) is 0.319. The average Bonchev–Trinajstić information content (AvgIpc) is 3.27. The number of alkyl halides is 3. The predicted molar refractivity (Wildman–Crippen MR) is 177 cm³/mol. The number of nitrogens with zero attached hydrogens (tertiary/aromatic N) is 4. The Hall–Kier alpha value is -3.51. The number of anilines is 1. The summed E-state index contributed by atoms with van der Waals surface area (Å²) in [6.45, 7) is 6.68. The number of urea groups is 1. The van der Waals surface area contributed by atoms with Crippen LogP contribution in [0.25, 0.3) is 0 Å². The second-order valence-corrected chi connectivity index (χ2v) is 11.2. The third kappa shape index (κ3) is 9.99. The topological polar surface area (TPSA) is 68.4 Å². The van der Waals surface area contributed by atoms with E-state index in [1.54, 1.807) is 36.3 Å². The second-order valence-electron chi connectivity index (χ2n) is 11.2. The van der Waals surface area contributed by atoms with Crippen LogP contribution in [0.2, 0.25) is 0 Å². The van der Waals surface area contributed by atoms with E-state index >= 15 is 0 Å². The Morgan fingerprint density at radius 2 is 1.22 bits per heavy atom. The summed E-state index contributed by atoms with van der Waals surface area (Å²) in [6.07, 6.45) is -3.46. The van der Waals surface area contributed by atoms with Gasteiger partial charge in [-0.3, -0.25) is 14.6 Å². The maximum absolute atomic E-state index is 13.1. The van der Waals surface area contributed by atoms with Crippen LogP contribution in [0.5, 0.6) is 5.75 Å². The number of halogens is 5. The van der Waals surface area contributed by atoms with Gasteiger partial charge in [0.05, 0.1) is 12.7 Å². The molecule has 0 radical (unpaired) electrons. The Kier molecular flexibility index (Phi) is 13.6. The van der Waals surface area contributed by atoms with Gasteiger partial charge in [-0.25, -0.2) is 4.79 Å². The summed E-state index contributed by atoms with van der Waals surface area (Å²) < 4.78 is 43.7. The molecule has 8 nitrogen and oxygen atoms in total. The molecule has 250 valence electrons. The molecule has 13 heteroatoms. The molecule has 3 amide bonds. The van der Waals surface area contributed by atoms with Crippen LogP contribution < -0.4 is 10.1 Å². The highest BCUT2D eigenvalue weighted by Gasteiger charge is 2.30. The van der Waals surface area contributed by atoms with Gasteiger partial charge in [-0.05, 0) is 66.1 Å². The minimum atomic E-state index is -4.34. The molecule has 3 aromatic rings. The fourth-order valence-electron chi connectivity index (χ4n) is 5.57.